The molecule has 0 aromatic heterocycles. The normalized spacial score (nSPS) is 10.0. The third-order valence-electron chi connectivity index (χ3n) is 2.03. The van der Waals surface area contributed by atoms with Gasteiger partial charge in [0.2, 0.25) is 0 Å². The second-order valence-electron chi connectivity index (χ2n) is 3.68. The van der Waals surface area contributed by atoms with Crippen molar-refractivity contribution in [1.82, 2.24) is 10.4 Å². The van der Waals surface area contributed by atoms with E-state index in [9.17, 15) is 9.59 Å². The van der Waals surface area contributed by atoms with Crippen LogP contribution in [0, 0.1) is 0 Å². The highest BCUT2D eigenvalue weighted by atomic mass is 16.5. The summed E-state index contributed by atoms with van der Waals surface area (Å²) in [6.45, 7) is 0. The first-order valence-electron chi connectivity index (χ1n) is 5.10. The first-order valence-corrected chi connectivity index (χ1v) is 5.10. The van der Waals surface area contributed by atoms with Crippen LogP contribution in [0.25, 0.3) is 0 Å². The monoisotopic (exact) mass is 253 g/mol. The lowest BCUT2D eigenvalue weighted by molar-refractivity contribution is 0.0697. The fourth-order valence-electron chi connectivity index (χ4n) is 1.29. The van der Waals surface area contributed by atoms with E-state index in [1.165, 1.54) is 24.3 Å². The van der Waals surface area contributed by atoms with Gasteiger partial charge in [-0.3, -0.25) is 5.43 Å². The average molecular weight is 253 g/mol. The van der Waals surface area contributed by atoms with Gasteiger partial charge in [-0.2, -0.15) is 0 Å². The average Bonchev–Trinajstić information content (AvgIpc) is 2.28. The maximum Gasteiger partial charge on any atom is 0.337 e. The summed E-state index contributed by atoms with van der Waals surface area (Å²) in [6, 6.07) is 3.86. The minimum absolute atomic E-state index is 0.0387. The number of aromatic carboxylic acids is 1. The molecule has 0 saturated heterocycles. The highest BCUT2D eigenvalue weighted by molar-refractivity contribution is 6.00. The van der Waals surface area contributed by atoms with Gasteiger partial charge in [-0.1, -0.05) is 0 Å². The summed E-state index contributed by atoms with van der Waals surface area (Å²) in [5.74, 6) is -0.736. The van der Waals surface area contributed by atoms with Gasteiger partial charge in [-0.15, -0.1) is 0 Å². The number of carboxylic acid groups (broad SMARTS) is 1. The first kappa shape index (κ1) is 13.8. The van der Waals surface area contributed by atoms with Gasteiger partial charge >= 0.3 is 12.0 Å². The number of nitrogens with one attached hydrogen (secondary N) is 2. The van der Waals surface area contributed by atoms with Gasteiger partial charge in [0.1, 0.15) is 5.75 Å². The molecule has 0 atom stereocenters. The summed E-state index contributed by atoms with van der Waals surface area (Å²) in [6.07, 6.45) is 0. The number of hydrogen-bond donors (Lipinski definition) is 3. The largest absolute Gasteiger partial charge is 0.497 e. The number of nitrogens with zero attached hydrogens (tertiary/aromatic N) is 1. The molecule has 18 heavy (non-hydrogen) atoms. The van der Waals surface area contributed by atoms with Crippen LogP contribution in [-0.4, -0.2) is 43.3 Å². The Bertz CT molecular complexity index is 460. The predicted octanol–water partition coefficient (Wildman–Crippen LogP) is 0.991. The molecule has 0 aliphatic carbocycles. The maximum atomic E-state index is 11.5. The van der Waals surface area contributed by atoms with E-state index in [1.807, 2.05) is 0 Å². The van der Waals surface area contributed by atoms with Crippen LogP contribution in [-0.2, 0) is 0 Å². The van der Waals surface area contributed by atoms with Gasteiger partial charge in [-0.25, -0.2) is 14.6 Å². The molecule has 0 radical (unpaired) electrons. The highest BCUT2D eigenvalue weighted by Crippen LogP contribution is 2.21. The molecule has 0 aliphatic rings. The van der Waals surface area contributed by atoms with Crippen molar-refractivity contribution in [3.63, 3.8) is 0 Å². The van der Waals surface area contributed by atoms with E-state index in [0.717, 1.165) is 0 Å². The third-order valence-corrected chi connectivity index (χ3v) is 2.03. The van der Waals surface area contributed by atoms with Crippen LogP contribution in [0.1, 0.15) is 10.4 Å². The van der Waals surface area contributed by atoms with Crippen molar-refractivity contribution in [1.29, 1.82) is 0 Å². The Morgan fingerprint density at radius 2 is 2.00 bits per heavy atom. The van der Waals surface area contributed by atoms with Crippen molar-refractivity contribution in [2.45, 2.75) is 0 Å². The molecule has 0 saturated carbocycles. The zero-order chi connectivity index (χ0) is 13.7. The zero-order valence-electron chi connectivity index (χ0n) is 10.4. The number of rotatable bonds is 4. The molecule has 0 fully saturated rings. The van der Waals surface area contributed by atoms with Crippen LogP contribution < -0.4 is 15.5 Å². The van der Waals surface area contributed by atoms with E-state index < -0.39 is 12.0 Å². The molecule has 1 aromatic carbocycles. The summed E-state index contributed by atoms with van der Waals surface area (Å²) < 4.78 is 4.93. The lowest BCUT2D eigenvalue weighted by Crippen LogP contribution is -2.39. The summed E-state index contributed by atoms with van der Waals surface area (Å²) >= 11 is 0. The molecule has 0 spiro atoms. The number of carbonyl (C=O) groups excluding carboxylic acids is 1. The van der Waals surface area contributed by atoms with Crippen LogP contribution in [0.3, 0.4) is 0 Å². The van der Waals surface area contributed by atoms with Crippen LogP contribution in [0.15, 0.2) is 18.2 Å². The number of methoxy groups -OCH3 is 1. The quantitative estimate of drug-likeness (QED) is 0.696. The first-order chi connectivity index (χ1) is 8.43. The van der Waals surface area contributed by atoms with E-state index in [-0.39, 0.29) is 11.3 Å². The molecule has 7 heteroatoms. The van der Waals surface area contributed by atoms with E-state index in [1.54, 1.807) is 20.2 Å². The van der Waals surface area contributed by atoms with E-state index in [4.69, 9.17) is 9.84 Å². The van der Waals surface area contributed by atoms with E-state index >= 15 is 0 Å². The topological polar surface area (TPSA) is 90.9 Å². The van der Waals surface area contributed by atoms with Crippen molar-refractivity contribution in [3.8, 4) is 5.75 Å². The van der Waals surface area contributed by atoms with Crippen LogP contribution in [0.5, 0.6) is 5.75 Å². The molecule has 1 rings (SSSR count). The second-order valence-corrected chi connectivity index (χ2v) is 3.68. The van der Waals surface area contributed by atoms with Crippen LogP contribution >= 0.6 is 0 Å². The van der Waals surface area contributed by atoms with Gasteiger partial charge in [0.15, 0.2) is 0 Å². The number of hydrogen-bond acceptors (Lipinski definition) is 4. The Morgan fingerprint density at radius 1 is 1.33 bits per heavy atom. The molecular weight excluding hydrogens is 238 g/mol. The number of urea groups is 1. The van der Waals surface area contributed by atoms with Gasteiger partial charge in [0.05, 0.1) is 18.4 Å². The Hall–Kier alpha value is -2.28. The molecule has 0 unspecified atom stereocenters. The molecule has 3 N–H and O–H groups in total. The second kappa shape index (κ2) is 5.87. The van der Waals surface area contributed by atoms with Gasteiger partial charge in [0.25, 0.3) is 0 Å². The predicted molar refractivity (Wildman–Crippen MR) is 65.8 cm³/mol. The standard InChI is InChI=1S/C11H15N3O4/c1-14(2)13-11(17)12-9-5-4-7(18-3)6-8(9)10(15)16/h4-6H,1-3H3,(H,15,16)(H2,12,13,17). The summed E-state index contributed by atoms with van der Waals surface area (Å²) in [5, 5.41) is 12.9. The Morgan fingerprint density at radius 3 is 2.50 bits per heavy atom. The van der Waals surface area contributed by atoms with Crippen molar-refractivity contribution in [3.05, 3.63) is 23.8 Å². The molecule has 0 bridgehead atoms. The Kier molecular flexibility index (Phi) is 4.50. The van der Waals surface area contributed by atoms with Crippen molar-refractivity contribution in [2.24, 2.45) is 0 Å². The lowest BCUT2D eigenvalue weighted by atomic mass is 10.1. The fraction of sp³-hybridized carbons (Fsp3) is 0.273. The number of benzene rings is 1. The number of carbonyl (C=O) groups is 2. The number of carboxylic acids is 1. The molecule has 0 heterocycles. The number of amides is 2. The fourth-order valence-corrected chi connectivity index (χ4v) is 1.29. The molecule has 7 nitrogen and oxygen atoms in total. The number of ether oxygens (including phenoxy) is 1. The van der Waals surface area contributed by atoms with Crippen LogP contribution in [0.4, 0.5) is 10.5 Å². The van der Waals surface area contributed by atoms with E-state index in [2.05, 4.69) is 10.7 Å². The zero-order valence-corrected chi connectivity index (χ0v) is 10.4. The Balaban J connectivity index is 2.94. The molecule has 1 aromatic rings. The van der Waals surface area contributed by atoms with E-state index in [0.29, 0.717) is 5.75 Å². The minimum atomic E-state index is -1.14. The maximum absolute atomic E-state index is 11.5. The smallest absolute Gasteiger partial charge is 0.337 e. The molecule has 2 amide bonds. The number of hydrazine groups is 1. The van der Waals surface area contributed by atoms with Crippen molar-refractivity contribution in [2.75, 3.05) is 26.5 Å². The summed E-state index contributed by atoms with van der Waals surface area (Å²) in [5.41, 5.74) is 2.60. The van der Waals surface area contributed by atoms with Crippen molar-refractivity contribution >= 4 is 17.7 Å². The Labute approximate surface area is 104 Å². The molecular formula is C11H15N3O4. The highest BCUT2D eigenvalue weighted by Gasteiger charge is 2.13. The SMILES string of the molecule is COc1ccc(NC(=O)NN(C)C)c(C(=O)O)c1. The van der Waals surface area contributed by atoms with Gasteiger partial charge in [0, 0.05) is 14.1 Å². The summed E-state index contributed by atoms with van der Waals surface area (Å²) in [7, 11) is 4.73. The summed E-state index contributed by atoms with van der Waals surface area (Å²) in [4.78, 5) is 22.5. The molecule has 98 valence electrons. The number of anilines is 1. The minimum Gasteiger partial charge on any atom is -0.497 e. The van der Waals surface area contributed by atoms with Crippen LogP contribution in [0.2, 0.25) is 0 Å². The van der Waals surface area contributed by atoms with Gasteiger partial charge in [-0.05, 0) is 18.2 Å². The third kappa shape index (κ3) is 3.63. The van der Waals surface area contributed by atoms with Gasteiger partial charge < -0.3 is 15.2 Å². The van der Waals surface area contributed by atoms with Crippen molar-refractivity contribution < 1.29 is 19.4 Å². The molecule has 0 aliphatic heterocycles. The lowest BCUT2D eigenvalue weighted by Gasteiger charge is -2.14.